The molecule has 2 amide bonds. The molecule has 1 aliphatic heterocycles. The molecule has 1 saturated carbocycles. The molecule has 1 heterocycles. The molecule has 1 aliphatic carbocycles. The van der Waals surface area contributed by atoms with E-state index in [4.69, 9.17) is 5.73 Å². The molecule has 0 radical (unpaired) electrons. The number of hydrogen-bond acceptors (Lipinski definition) is 4. The highest BCUT2D eigenvalue weighted by Gasteiger charge is 2.29. The molecule has 0 spiro atoms. The first-order chi connectivity index (χ1) is 9.63. The fraction of sp³-hybridized carbons (Fsp3) is 0.429. The smallest absolute Gasteiger partial charge is 0.228 e. The first-order valence-corrected chi connectivity index (χ1v) is 6.87. The van der Waals surface area contributed by atoms with E-state index in [9.17, 15) is 9.59 Å². The molecule has 0 saturated heterocycles. The number of benzene rings is 1. The molecular formula is C14H18N4O2. The van der Waals surface area contributed by atoms with E-state index in [0.717, 1.165) is 29.8 Å². The number of hydrogen-bond donors (Lipinski definition) is 4. The van der Waals surface area contributed by atoms with Crippen LogP contribution in [0.1, 0.15) is 18.4 Å². The maximum Gasteiger partial charge on any atom is 0.228 e. The lowest BCUT2D eigenvalue weighted by atomic mass is 10.1. The molecule has 2 aliphatic rings. The Hall–Kier alpha value is -2.24. The van der Waals surface area contributed by atoms with Crippen molar-refractivity contribution in [1.29, 1.82) is 0 Å². The Balaban J connectivity index is 1.53. The van der Waals surface area contributed by atoms with Crippen molar-refractivity contribution in [3.05, 3.63) is 17.7 Å². The van der Waals surface area contributed by atoms with Crippen LogP contribution in [0, 0.1) is 5.92 Å². The molecule has 3 rings (SSSR count). The van der Waals surface area contributed by atoms with Gasteiger partial charge in [-0.25, -0.2) is 0 Å². The van der Waals surface area contributed by atoms with E-state index in [1.54, 1.807) is 0 Å². The van der Waals surface area contributed by atoms with Gasteiger partial charge in [0, 0.05) is 24.7 Å². The van der Waals surface area contributed by atoms with Crippen LogP contribution in [0.25, 0.3) is 0 Å². The van der Waals surface area contributed by atoms with Gasteiger partial charge >= 0.3 is 0 Å². The van der Waals surface area contributed by atoms with Gasteiger partial charge in [-0.15, -0.1) is 0 Å². The zero-order valence-corrected chi connectivity index (χ0v) is 11.2. The average molecular weight is 274 g/mol. The summed E-state index contributed by atoms with van der Waals surface area (Å²) in [5.74, 6) is 0.365. The van der Waals surface area contributed by atoms with E-state index in [2.05, 4.69) is 16.0 Å². The summed E-state index contributed by atoms with van der Waals surface area (Å²) >= 11 is 0. The minimum absolute atomic E-state index is 0.00625. The van der Waals surface area contributed by atoms with Crippen LogP contribution in [0.15, 0.2) is 12.1 Å². The van der Waals surface area contributed by atoms with E-state index >= 15 is 0 Å². The quantitative estimate of drug-likeness (QED) is 0.469. The summed E-state index contributed by atoms with van der Waals surface area (Å²) in [7, 11) is 0. The number of rotatable bonds is 5. The number of fused-ring (bicyclic) bond motifs is 1. The topological polar surface area (TPSA) is 96.2 Å². The Morgan fingerprint density at radius 3 is 2.90 bits per heavy atom. The van der Waals surface area contributed by atoms with Gasteiger partial charge in [0.25, 0.3) is 0 Å². The highest BCUT2D eigenvalue weighted by molar-refractivity contribution is 6.00. The molecule has 1 aromatic carbocycles. The summed E-state index contributed by atoms with van der Waals surface area (Å²) in [4.78, 5) is 22.8. The van der Waals surface area contributed by atoms with Crippen molar-refractivity contribution in [2.45, 2.75) is 19.3 Å². The van der Waals surface area contributed by atoms with Crippen molar-refractivity contribution in [3.63, 3.8) is 0 Å². The fourth-order valence-corrected chi connectivity index (χ4v) is 2.32. The van der Waals surface area contributed by atoms with Crippen LogP contribution in [0.5, 0.6) is 0 Å². The minimum atomic E-state index is -0.00625. The molecule has 0 unspecified atom stereocenters. The minimum Gasteiger partial charge on any atom is -0.397 e. The van der Waals surface area contributed by atoms with Crippen molar-refractivity contribution in [1.82, 2.24) is 5.32 Å². The van der Waals surface area contributed by atoms with Gasteiger partial charge in [-0.1, -0.05) is 0 Å². The SMILES string of the molecule is Nc1cc2c(cc1NCCNC(=O)C1CC1)NC(=O)C2. The maximum absolute atomic E-state index is 11.5. The summed E-state index contributed by atoms with van der Waals surface area (Å²) in [5, 5.41) is 8.86. The molecule has 106 valence electrons. The number of nitrogen functional groups attached to an aromatic ring is 1. The summed E-state index contributed by atoms with van der Waals surface area (Å²) in [6, 6.07) is 3.66. The van der Waals surface area contributed by atoms with Gasteiger partial charge in [-0.3, -0.25) is 9.59 Å². The number of nitrogens with two attached hydrogens (primary N) is 1. The summed E-state index contributed by atoms with van der Waals surface area (Å²) in [6.07, 6.45) is 2.41. The van der Waals surface area contributed by atoms with Gasteiger partial charge in [-0.05, 0) is 30.5 Å². The van der Waals surface area contributed by atoms with Gasteiger partial charge in [0.15, 0.2) is 0 Å². The molecule has 20 heavy (non-hydrogen) atoms. The second kappa shape index (κ2) is 5.03. The van der Waals surface area contributed by atoms with Crippen LogP contribution in [0.3, 0.4) is 0 Å². The van der Waals surface area contributed by atoms with Crippen molar-refractivity contribution in [2.24, 2.45) is 5.92 Å². The van der Waals surface area contributed by atoms with Gasteiger partial charge in [0.05, 0.1) is 17.8 Å². The van der Waals surface area contributed by atoms with Crippen molar-refractivity contribution < 1.29 is 9.59 Å². The van der Waals surface area contributed by atoms with Crippen molar-refractivity contribution >= 4 is 28.9 Å². The third-order valence-corrected chi connectivity index (χ3v) is 3.59. The number of carbonyl (C=O) groups excluding carboxylic acids is 2. The second-order valence-corrected chi connectivity index (χ2v) is 5.31. The Morgan fingerprint density at radius 1 is 1.35 bits per heavy atom. The molecular weight excluding hydrogens is 256 g/mol. The predicted molar refractivity (Wildman–Crippen MR) is 77.4 cm³/mol. The monoisotopic (exact) mass is 274 g/mol. The standard InChI is InChI=1S/C14H18N4O2/c15-10-5-9-6-13(19)18-11(9)7-12(10)16-3-4-17-14(20)8-1-2-8/h5,7-8,16H,1-4,6,15H2,(H,17,20)(H,18,19). The van der Waals surface area contributed by atoms with Crippen LogP contribution >= 0.6 is 0 Å². The van der Waals surface area contributed by atoms with Crippen LogP contribution in [0.4, 0.5) is 17.1 Å². The maximum atomic E-state index is 11.5. The fourth-order valence-electron chi connectivity index (χ4n) is 2.32. The number of nitrogens with one attached hydrogen (secondary N) is 3. The number of anilines is 3. The van der Waals surface area contributed by atoms with E-state index in [0.29, 0.717) is 25.2 Å². The Bertz CT molecular complexity index is 567. The Morgan fingerprint density at radius 2 is 2.15 bits per heavy atom. The predicted octanol–water partition coefficient (Wildman–Crippen LogP) is 0.701. The van der Waals surface area contributed by atoms with Gasteiger partial charge in [0.2, 0.25) is 11.8 Å². The Kier molecular flexibility index (Phi) is 3.22. The third-order valence-electron chi connectivity index (χ3n) is 3.59. The van der Waals surface area contributed by atoms with Gasteiger partial charge in [0.1, 0.15) is 0 Å². The highest BCUT2D eigenvalue weighted by Crippen LogP contribution is 2.31. The first kappa shape index (κ1) is 12.8. The van der Waals surface area contributed by atoms with Crippen molar-refractivity contribution in [2.75, 3.05) is 29.5 Å². The lowest BCUT2D eigenvalue weighted by molar-refractivity contribution is -0.122. The number of amides is 2. The van der Waals surface area contributed by atoms with E-state index in [1.165, 1.54) is 0 Å². The van der Waals surface area contributed by atoms with Gasteiger partial charge < -0.3 is 21.7 Å². The molecule has 1 aromatic rings. The average Bonchev–Trinajstić information content (AvgIpc) is 3.18. The van der Waals surface area contributed by atoms with Crippen LogP contribution in [-0.2, 0) is 16.0 Å². The third kappa shape index (κ3) is 2.68. The molecule has 0 aromatic heterocycles. The van der Waals surface area contributed by atoms with E-state index < -0.39 is 0 Å². The molecule has 1 fully saturated rings. The van der Waals surface area contributed by atoms with Crippen LogP contribution < -0.4 is 21.7 Å². The first-order valence-electron chi connectivity index (χ1n) is 6.87. The van der Waals surface area contributed by atoms with E-state index in [1.807, 2.05) is 12.1 Å². The summed E-state index contributed by atoms with van der Waals surface area (Å²) < 4.78 is 0. The molecule has 6 nitrogen and oxygen atoms in total. The van der Waals surface area contributed by atoms with Gasteiger partial charge in [-0.2, -0.15) is 0 Å². The summed E-state index contributed by atoms with van der Waals surface area (Å²) in [6.45, 7) is 1.17. The molecule has 5 N–H and O–H groups in total. The largest absolute Gasteiger partial charge is 0.397 e. The van der Waals surface area contributed by atoms with E-state index in [-0.39, 0.29) is 17.7 Å². The van der Waals surface area contributed by atoms with Crippen molar-refractivity contribution in [3.8, 4) is 0 Å². The second-order valence-electron chi connectivity index (χ2n) is 5.31. The zero-order valence-electron chi connectivity index (χ0n) is 11.2. The zero-order chi connectivity index (χ0) is 14.1. The lowest BCUT2D eigenvalue weighted by Gasteiger charge is -2.12. The highest BCUT2D eigenvalue weighted by atomic mass is 16.2. The van der Waals surface area contributed by atoms with Crippen LogP contribution in [0.2, 0.25) is 0 Å². The molecule has 6 heteroatoms. The number of carbonyl (C=O) groups is 2. The normalized spacial score (nSPS) is 16.5. The Labute approximate surface area is 117 Å². The molecule has 0 bridgehead atoms. The van der Waals surface area contributed by atoms with Crippen LogP contribution in [-0.4, -0.2) is 24.9 Å². The molecule has 0 atom stereocenters. The lowest BCUT2D eigenvalue weighted by Crippen LogP contribution is -2.29. The summed E-state index contributed by atoms with van der Waals surface area (Å²) in [5.41, 5.74) is 9.10.